The van der Waals surface area contributed by atoms with Crippen molar-refractivity contribution in [3.63, 3.8) is 0 Å². The number of nitrogens with zero attached hydrogens (tertiary/aromatic N) is 3. The van der Waals surface area contributed by atoms with Crippen molar-refractivity contribution in [1.82, 2.24) is 13.7 Å². The summed E-state index contributed by atoms with van der Waals surface area (Å²) in [6, 6.07) is 102. The first-order chi connectivity index (χ1) is 34.8. The molecule has 0 saturated carbocycles. The van der Waals surface area contributed by atoms with Crippen molar-refractivity contribution in [2.75, 3.05) is 0 Å². The molecule has 4 heteroatoms. The fourth-order valence-electron chi connectivity index (χ4n) is 11.9. The van der Waals surface area contributed by atoms with Crippen LogP contribution >= 0.6 is 0 Å². The molecule has 0 spiro atoms. The van der Waals surface area contributed by atoms with E-state index in [2.05, 4.69) is 287 Å². The molecule has 0 aliphatic heterocycles. The van der Waals surface area contributed by atoms with Crippen molar-refractivity contribution >= 4 is 94.2 Å². The lowest BCUT2D eigenvalue weighted by atomic mass is 10.1. The van der Waals surface area contributed by atoms with Crippen LogP contribution in [0.15, 0.2) is 273 Å². The van der Waals surface area contributed by atoms with Gasteiger partial charge in [0.2, 0.25) is 0 Å². The lowest BCUT2D eigenvalue weighted by Gasteiger charge is -2.35. The molecule has 0 aliphatic rings. The van der Waals surface area contributed by atoms with Gasteiger partial charge in [0, 0.05) is 43.7 Å². The van der Waals surface area contributed by atoms with Crippen molar-refractivity contribution in [1.29, 1.82) is 0 Å². The summed E-state index contributed by atoms with van der Waals surface area (Å²) in [5, 5.41) is 12.7. The van der Waals surface area contributed by atoms with Gasteiger partial charge in [0.1, 0.15) is 0 Å². The second kappa shape index (κ2) is 16.1. The van der Waals surface area contributed by atoms with Crippen molar-refractivity contribution in [2.24, 2.45) is 0 Å². The van der Waals surface area contributed by atoms with E-state index in [1.165, 1.54) is 103 Å². The Morgan fingerprint density at radius 2 is 0.686 bits per heavy atom. The summed E-state index contributed by atoms with van der Waals surface area (Å²) in [7, 11) is -3.11. The van der Waals surface area contributed by atoms with Crippen LogP contribution in [0.1, 0.15) is 0 Å². The second-order valence-corrected chi connectivity index (χ2v) is 22.2. The molecule has 0 bridgehead atoms. The predicted molar refractivity (Wildman–Crippen MR) is 299 cm³/mol. The van der Waals surface area contributed by atoms with Crippen LogP contribution in [-0.4, -0.2) is 21.8 Å². The molecule has 0 N–H and O–H groups in total. The van der Waals surface area contributed by atoms with Crippen molar-refractivity contribution in [3.05, 3.63) is 273 Å². The molecule has 0 saturated heterocycles. The number of hydrogen-bond donors (Lipinski definition) is 0. The summed E-state index contributed by atoms with van der Waals surface area (Å²) in [5.74, 6) is 0. The Hall–Kier alpha value is -8.96. The Morgan fingerprint density at radius 1 is 0.257 bits per heavy atom. The summed E-state index contributed by atoms with van der Waals surface area (Å²) >= 11 is 0. The van der Waals surface area contributed by atoms with E-state index in [4.69, 9.17) is 0 Å². The Balaban J connectivity index is 1.14. The summed E-state index contributed by atoms with van der Waals surface area (Å²) < 4.78 is 7.57. The van der Waals surface area contributed by atoms with E-state index in [1.807, 2.05) is 0 Å². The number of aromatic nitrogens is 3. The zero-order chi connectivity index (χ0) is 46.2. The highest BCUT2D eigenvalue weighted by molar-refractivity contribution is 7.20. The Labute approximate surface area is 407 Å². The van der Waals surface area contributed by atoms with Gasteiger partial charge in [0.15, 0.2) is 8.07 Å². The van der Waals surface area contributed by atoms with Crippen molar-refractivity contribution < 1.29 is 0 Å². The normalized spacial score (nSPS) is 12.0. The van der Waals surface area contributed by atoms with E-state index in [-0.39, 0.29) is 0 Å². The SMILES string of the molecule is c1ccc(-c2cccc(-n3c4ccccc4c4cc(-n5c6ccccc6c6c(-n7c8ccccc8c8ccccc87)ccc([Si](c7ccccc7)(c7ccccc7)c7ccccc7)c65)ccc43)c2)cc1. The monoisotopic (exact) mass is 907 g/mol. The maximum absolute atomic E-state index is 3.11. The average Bonchev–Trinajstić information content (AvgIpc) is 4.09. The van der Waals surface area contributed by atoms with Gasteiger partial charge in [0.25, 0.3) is 0 Å². The van der Waals surface area contributed by atoms with Gasteiger partial charge in [0.05, 0.1) is 38.8 Å². The van der Waals surface area contributed by atoms with Gasteiger partial charge in [-0.05, 0) is 92.5 Å². The first-order valence-electron chi connectivity index (χ1n) is 24.2. The van der Waals surface area contributed by atoms with E-state index >= 15 is 0 Å². The Kier molecular flexibility index (Phi) is 9.23. The number of fused-ring (bicyclic) bond motifs is 9. The Morgan fingerprint density at radius 3 is 1.26 bits per heavy atom. The van der Waals surface area contributed by atoms with E-state index in [9.17, 15) is 0 Å². The van der Waals surface area contributed by atoms with Gasteiger partial charge in [-0.2, -0.15) is 0 Å². The topological polar surface area (TPSA) is 14.8 Å². The van der Waals surface area contributed by atoms with E-state index in [1.54, 1.807) is 0 Å². The predicted octanol–water partition coefficient (Wildman–Crippen LogP) is 14.0. The molecule has 328 valence electrons. The molecule has 3 heterocycles. The van der Waals surface area contributed by atoms with Crippen LogP contribution in [0.5, 0.6) is 0 Å². The van der Waals surface area contributed by atoms with Crippen molar-refractivity contribution in [2.45, 2.75) is 0 Å². The molecular formula is C66H45N3Si. The highest BCUT2D eigenvalue weighted by Crippen LogP contribution is 2.42. The molecule has 3 nitrogen and oxygen atoms in total. The fourth-order valence-corrected chi connectivity index (χ4v) is 16.8. The first kappa shape index (κ1) is 40.1. The van der Waals surface area contributed by atoms with Gasteiger partial charge in [-0.3, -0.25) is 0 Å². The lowest BCUT2D eigenvalue weighted by molar-refractivity contribution is 1.16. The van der Waals surface area contributed by atoms with Gasteiger partial charge in [-0.25, -0.2) is 0 Å². The number of para-hydroxylation sites is 4. The molecule has 0 aliphatic carbocycles. The van der Waals surface area contributed by atoms with Gasteiger partial charge in [-0.1, -0.05) is 212 Å². The molecule has 14 rings (SSSR count). The van der Waals surface area contributed by atoms with Crippen LogP contribution in [-0.2, 0) is 0 Å². The maximum atomic E-state index is 2.61. The third-order valence-corrected chi connectivity index (χ3v) is 19.6. The minimum Gasteiger partial charge on any atom is -0.309 e. The zero-order valence-corrected chi connectivity index (χ0v) is 39.3. The van der Waals surface area contributed by atoms with E-state index in [0.29, 0.717) is 0 Å². The summed E-state index contributed by atoms with van der Waals surface area (Å²) in [5.41, 5.74) is 13.0. The van der Waals surface area contributed by atoms with E-state index < -0.39 is 8.07 Å². The molecule has 0 atom stereocenters. The minimum atomic E-state index is -3.11. The Bertz CT molecular complexity index is 4130. The largest absolute Gasteiger partial charge is 0.309 e. The molecule has 70 heavy (non-hydrogen) atoms. The highest BCUT2D eigenvalue weighted by Gasteiger charge is 2.44. The zero-order valence-electron chi connectivity index (χ0n) is 38.3. The molecule has 14 aromatic rings. The van der Waals surface area contributed by atoms with Crippen LogP contribution in [0, 0.1) is 0 Å². The summed E-state index contributed by atoms with van der Waals surface area (Å²) in [6.45, 7) is 0. The molecule has 0 amide bonds. The van der Waals surface area contributed by atoms with E-state index in [0.717, 1.165) is 11.4 Å². The molecule has 11 aromatic carbocycles. The van der Waals surface area contributed by atoms with Crippen molar-refractivity contribution in [3.8, 4) is 28.2 Å². The molecule has 0 radical (unpaired) electrons. The number of hydrogen-bond acceptors (Lipinski definition) is 0. The standard InChI is InChI=1S/C66H45N3Si/c1-5-22-46(23-6-1)47-24-21-25-48(44-47)67-58-36-17-15-34-55(58)57-45-49(40-41-62(57)67)68-61-39-20-16-35-56(61)65-63(69-59-37-18-13-32-53(59)54-33-14-19-38-60(54)69)42-43-64(66(65)68)70(50-26-7-2-8-27-50,51-28-9-3-10-29-51)52-30-11-4-12-31-52/h1-45H. The summed E-state index contributed by atoms with van der Waals surface area (Å²) in [6.07, 6.45) is 0. The van der Waals surface area contributed by atoms with Crippen LogP contribution in [0.25, 0.3) is 93.6 Å². The van der Waals surface area contributed by atoms with Gasteiger partial charge in [-0.15, -0.1) is 0 Å². The third kappa shape index (κ3) is 5.94. The molecule has 0 unspecified atom stereocenters. The second-order valence-electron chi connectivity index (χ2n) is 18.4. The average molecular weight is 908 g/mol. The van der Waals surface area contributed by atoms with Crippen LogP contribution in [0.3, 0.4) is 0 Å². The smallest absolute Gasteiger partial charge is 0.181 e. The third-order valence-electron chi connectivity index (χ3n) is 14.8. The fraction of sp³-hybridized carbons (Fsp3) is 0. The maximum Gasteiger partial charge on any atom is 0.181 e. The number of rotatable bonds is 8. The van der Waals surface area contributed by atoms with Gasteiger partial charge < -0.3 is 13.7 Å². The van der Waals surface area contributed by atoms with Crippen LogP contribution in [0.2, 0.25) is 0 Å². The summed E-state index contributed by atoms with van der Waals surface area (Å²) in [4.78, 5) is 0. The number of benzene rings is 11. The van der Waals surface area contributed by atoms with Gasteiger partial charge >= 0.3 is 0 Å². The van der Waals surface area contributed by atoms with Crippen LogP contribution in [0.4, 0.5) is 0 Å². The first-order valence-corrected chi connectivity index (χ1v) is 26.2. The lowest BCUT2D eigenvalue weighted by Crippen LogP contribution is -2.75. The molecule has 0 fully saturated rings. The van der Waals surface area contributed by atoms with Crippen LogP contribution < -0.4 is 20.7 Å². The quantitative estimate of drug-likeness (QED) is 0.107. The molecular weight excluding hydrogens is 863 g/mol. The molecule has 3 aromatic heterocycles. The highest BCUT2D eigenvalue weighted by atomic mass is 28.3. The minimum absolute atomic E-state index is 1.12.